The largest absolute Gasteiger partial charge is 0.497 e. The fourth-order valence-corrected chi connectivity index (χ4v) is 3.38. The number of hydrogen-bond donors (Lipinski definition) is 1. The van der Waals surface area contributed by atoms with Crippen molar-refractivity contribution in [3.05, 3.63) is 42.1 Å². The van der Waals surface area contributed by atoms with Crippen molar-refractivity contribution < 1.29 is 18.3 Å². The number of carbonyl (C=O) groups is 1. The Hall–Kier alpha value is -2.64. The number of methoxy groups -OCH3 is 1. The number of hydrogen-bond acceptors (Lipinski definition) is 3. The molecule has 1 N–H and O–H groups in total. The minimum Gasteiger partial charge on any atom is -0.497 e. The maximum atomic E-state index is 12.9. The van der Waals surface area contributed by atoms with Crippen molar-refractivity contribution in [2.75, 3.05) is 19.0 Å². The van der Waals surface area contributed by atoms with Gasteiger partial charge in [0, 0.05) is 18.8 Å². The average molecular weight is 378 g/mol. The molecule has 1 aliphatic rings. The van der Waals surface area contributed by atoms with Gasteiger partial charge in [0.1, 0.15) is 12.3 Å². The van der Waals surface area contributed by atoms with Gasteiger partial charge >= 0.3 is 6.03 Å². The summed E-state index contributed by atoms with van der Waals surface area (Å²) in [6.07, 6.45) is 2.87. The molecule has 1 fully saturated rings. The summed E-state index contributed by atoms with van der Waals surface area (Å²) in [4.78, 5) is 14.7. The lowest BCUT2D eigenvalue weighted by molar-refractivity contribution is 0.122. The van der Waals surface area contributed by atoms with Gasteiger partial charge in [-0.2, -0.15) is 5.10 Å². The maximum absolute atomic E-state index is 12.9. The molecule has 2 aromatic rings. The standard InChI is InChI=1S/C19H24F2N4O2/c1-27-15-8-6-14(7-9-15)16-5-3-2-4-11-25(16)19(26)22-18-10-12-24(23-18)13-17(20)21/h6-10,12,16-17H,2-5,11,13H2,1H3,(H,22,23,26). The SMILES string of the molecule is COc1ccc(C2CCCCCN2C(=O)Nc2ccn(CC(F)F)n2)cc1. The van der Waals surface area contributed by atoms with Crippen molar-refractivity contribution in [1.82, 2.24) is 14.7 Å². The highest BCUT2D eigenvalue weighted by atomic mass is 19.3. The molecule has 2 heterocycles. The van der Waals surface area contributed by atoms with Gasteiger partial charge < -0.3 is 9.64 Å². The Morgan fingerprint density at radius 1 is 1.26 bits per heavy atom. The van der Waals surface area contributed by atoms with E-state index in [1.807, 2.05) is 24.3 Å². The third-order valence-corrected chi connectivity index (χ3v) is 4.71. The molecule has 1 aliphatic heterocycles. The van der Waals surface area contributed by atoms with Crippen LogP contribution in [0.5, 0.6) is 5.75 Å². The molecule has 3 rings (SSSR count). The molecule has 1 aromatic carbocycles. The second kappa shape index (κ2) is 8.83. The molecule has 1 atom stereocenters. The summed E-state index contributed by atoms with van der Waals surface area (Å²) in [5.74, 6) is 1.05. The van der Waals surface area contributed by atoms with Crippen molar-refractivity contribution in [1.29, 1.82) is 0 Å². The van der Waals surface area contributed by atoms with E-state index < -0.39 is 13.0 Å². The van der Waals surface area contributed by atoms with Gasteiger partial charge in [-0.15, -0.1) is 0 Å². The highest BCUT2D eigenvalue weighted by Crippen LogP contribution is 2.31. The van der Waals surface area contributed by atoms with Gasteiger partial charge in [0.05, 0.1) is 13.2 Å². The first kappa shape index (κ1) is 19.1. The molecule has 8 heteroatoms. The van der Waals surface area contributed by atoms with Gasteiger partial charge in [-0.3, -0.25) is 10.00 Å². The Morgan fingerprint density at radius 2 is 2.04 bits per heavy atom. The zero-order valence-corrected chi connectivity index (χ0v) is 15.3. The van der Waals surface area contributed by atoms with Crippen molar-refractivity contribution in [3.8, 4) is 5.75 Å². The van der Waals surface area contributed by atoms with Crippen LogP contribution in [0.15, 0.2) is 36.5 Å². The normalized spacial score (nSPS) is 17.6. The third-order valence-electron chi connectivity index (χ3n) is 4.71. The van der Waals surface area contributed by atoms with Gasteiger partial charge in [0.15, 0.2) is 5.82 Å². The fourth-order valence-electron chi connectivity index (χ4n) is 3.38. The number of ether oxygens (including phenoxy) is 1. The molecule has 0 radical (unpaired) electrons. The van der Waals surface area contributed by atoms with E-state index in [1.165, 1.54) is 12.3 Å². The number of likely N-dealkylation sites (tertiary alicyclic amines) is 1. The molecule has 6 nitrogen and oxygen atoms in total. The van der Waals surface area contributed by atoms with Gasteiger partial charge in [-0.25, -0.2) is 13.6 Å². The molecule has 0 aliphatic carbocycles. The number of anilines is 1. The molecule has 2 amide bonds. The second-order valence-corrected chi connectivity index (χ2v) is 6.58. The monoisotopic (exact) mass is 378 g/mol. The summed E-state index contributed by atoms with van der Waals surface area (Å²) in [6.45, 7) is 0.147. The van der Waals surface area contributed by atoms with E-state index in [0.717, 1.165) is 41.7 Å². The topological polar surface area (TPSA) is 59.4 Å². The van der Waals surface area contributed by atoms with Crippen LogP contribution in [-0.4, -0.2) is 40.8 Å². The van der Waals surface area contributed by atoms with Crippen LogP contribution in [-0.2, 0) is 6.54 Å². The summed E-state index contributed by atoms with van der Waals surface area (Å²) in [5, 5.41) is 6.73. The molecule has 1 saturated heterocycles. The number of halogens is 2. The van der Waals surface area contributed by atoms with Crippen molar-refractivity contribution in [2.45, 2.75) is 44.7 Å². The molecule has 0 saturated carbocycles. The number of nitrogens with one attached hydrogen (secondary N) is 1. The average Bonchev–Trinajstić information content (AvgIpc) is 2.93. The molecule has 146 valence electrons. The van der Waals surface area contributed by atoms with Crippen LogP contribution in [0.2, 0.25) is 0 Å². The number of benzene rings is 1. The molecule has 0 spiro atoms. The minimum absolute atomic E-state index is 0.0402. The number of aromatic nitrogens is 2. The molecule has 1 aromatic heterocycles. The van der Waals surface area contributed by atoms with Crippen molar-refractivity contribution >= 4 is 11.8 Å². The summed E-state index contributed by atoms with van der Waals surface area (Å²) in [6, 6.07) is 8.96. The van der Waals surface area contributed by atoms with E-state index >= 15 is 0 Å². The van der Waals surface area contributed by atoms with Crippen molar-refractivity contribution in [3.63, 3.8) is 0 Å². The smallest absolute Gasteiger partial charge is 0.323 e. The highest BCUT2D eigenvalue weighted by molar-refractivity contribution is 5.88. The minimum atomic E-state index is -2.49. The fraction of sp³-hybridized carbons (Fsp3) is 0.474. The van der Waals surface area contributed by atoms with Crippen LogP contribution in [0.1, 0.15) is 37.3 Å². The van der Waals surface area contributed by atoms with Crippen LogP contribution >= 0.6 is 0 Å². The third kappa shape index (κ3) is 4.96. The maximum Gasteiger partial charge on any atom is 0.323 e. The van der Waals surface area contributed by atoms with Gasteiger partial charge in [-0.1, -0.05) is 25.0 Å². The molecule has 1 unspecified atom stereocenters. The first-order valence-electron chi connectivity index (χ1n) is 9.10. The Balaban J connectivity index is 1.73. The predicted octanol–water partition coefficient (Wildman–Crippen LogP) is 4.31. The van der Waals surface area contributed by atoms with E-state index in [4.69, 9.17) is 4.74 Å². The number of amides is 2. The number of urea groups is 1. The predicted molar refractivity (Wildman–Crippen MR) is 98.2 cm³/mol. The lowest BCUT2D eigenvalue weighted by Crippen LogP contribution is -2.38. The summed E-state index contributed by atoms with van der Waals surface area (Å²) in [5.41, 5.74) is 1.05. The first-order valence-corrected chi connectivity index (χ1v) is 9.10. The Bertz CT molecular complexity index is 748. The second-order valence-electron chi connectivity index (χ2n) is 6.58. The lowest BCUT2D eigenvalue weighted by atomic mass is 10.0. The van der Waals surface area contributed by atoms with Gasteiger partial charge in [-0.05, 0) is 30.5 Å². The number of carbonyl (C=O) groups excluding carboxylic acids is 1. The van der Waals surface area contributed by atoms with Crippen LogP contribution in [0.4, 0.5) is 19.4 Å². The summed E-state index contributed by atoms with van der Waals surface area (Å²) >= 11 is 0. The molecule has 27 heavy (non-hydrogen) atoms. The zero-order valence-electron chi connectivity index (χ0n) is 15.3. The van der Waals surface area contributed by atoms with E-state index in [9.17, 15) is 13.6 Å². The zero-order chi connectivity index (χ0) is 19.2. The number of alkyl halides is 2. The molecule has 0 bridgehead atoms. The summed E-state index contributed by atoms with van der Waals surface area (Å²) in [7, 11) is 1.62. The molecular formula is C19H24F2N4O2. The van der Waals surface area contributed by atoms with Gasteiger partial charge in [0.2, 0.25) is 0 Å². The van der Waals surface area contributed by atoms with E-state index in [-0.39, 0.29) is 17.9 Å². The van der Waals surface area contributed by atoms with Crippen LogP contribution in [0, 0.1) is 0 Å². The first-order chi connectivity index (χ1) is 13.1. The van der Waals surface area contributed by atoms with Crippen LogP contribution in [0.25, 0.3) is 0 Å². The van der Waals surface area contributed by atoms with Crippen LogP contribution < -0.4 is 10.1 Å². The molecular weight excluding hydrogens is 354 g/mol. The Labute approximate surface area is 157 Å². The Morgan fingerprint density at radius 3 is 2.74 bits per heavy atom. The number of nitrogens with zero attached hydrogens (tertiary/aromatic N) is 3. The van der Waals surface area contributed by atoms with E-state index in [1.54, 1.807) is 12.0 Å². The highest BCUT2D eigenvalue weighted by Gasteiger charge is 2.27. The number of rotatable bonds is 5. The summed E-state index contributed by atoms with van der Waals surface area (Å²) < 4.78 is 31.2. The lowest BCUT2D eigenvalue weighted by Gasteiger charge is -2.30. The van der Waals surface area contributed by atoms with Crippen molar-refractivity contribution in [2.24, 2.45) is 0 Å². The van der Waals surface area contributed by atoms with E-state index in [2.05, 4.69) is 10.4 Å². The Kier molecular flexibility index (Phi) is 6.26. The van der Waals surface area contributed by atoms with E-state index in [0.29, 0.717) is 6.54 Å². The quantitative estimate of drug-likeness (QED) is 0.844. The van der Waals surface area contributed by atoms with Gasteiger partial charge in [0.25, 0.3) is 6.43 Å². The van der Waals surface area contributed by atoms with Crippen LogP contribution in [0.3, 0.4) is 0 Å².